The molecule has 0 bridgehead atoms. The second-order valence-electron chi connectivity index (χ2n) is 9.28. The lowest BCUT2D eigenvalue weighted by atomic mass is 10.1. The Balaban J connectivity index is 1.52. The minimum absolute atomic E-state index is 0.0300. The summed E-state index contributed by atoms with van der Waals surface area (Å²) < 4.78 is 64.3. The summed E-state index contributed by atoms with van der Waals surface area (Å²) in [7, 11) is -5.54. The van der Waals surface area contributed by atoms with Crippen LogP contribution in [0.15, 0.2) is 64.4 Å². The number of pyridine rings is 1. The van der Waals surface area contributed by atoms with Gasteiger partial charge >= 0.3 is 11.2 Å². The summed E-state index contributed by atoms with van der Waals surface area (Å²) in [5, 5.41) is 11.6. The van der Waals surface area contributed by atoms with E-state index < -0.39 is 31.8 Å². The molecule has 0 atom stereocenters. The van der Waals surface area contributed by atoms with E-state index in [9.17, 15) is 31.5 Å². The summed E-state index contributed by atoms with van der Waals surface area (Å²) in [5.41, 5.74) is -3.15. The maximum absolute atomic E-state index is 13.4. The highest BCUT2D eigenvalue weighted by atomic mass is 32.2. The molecule has 8 nitrogen and oxygen atoms in total. The monoisotopic (exact) mass is 546 g/mol. The minimum Gasteiger partial charge on any atom is -0.493 e. The number of hydrogen-bond acceptors (Lipinski definition) is 6. The van der Waals surface area contributed by atoms with Crippen LogP contribution in [0.1, 0.15) is 30.5 Å². The molecule has 0 radical (unpaired) electrons. The van der Waals surface area contributed by atoms with Crippen molar-refractivity contribution in [3.63, 3.8) is 0 Å². The summed E-state index contributed by atoms with van der Waals surface area (Å²) in [6.07, 6.45) is 5.11. The lowest BCUT2D eigenvalue weighted by Crippen LogP contribution is -2.29. The highest BCUT2D eigenvalue weighted by molar-refractivity contribution is 7.92. The first kappa shape index (κ1) is 25.8. The van der Waals surface area contributed by atoms with Crippen molar-refractivity contribution >= 4 is 26.4 Å². The molecule has 1 saturated heterocycles. The summed E-state index contributed by atoms with van der Waals surface area (Å²) in [6.45, 7) is 3.62. The molecule has 1 N–H and O–H groups in total. The summed E-state index contributed by atoms with van der Waals surface area (Å²) >= 11 is 0. The van der Waals surface area contributed by atoms with Gasteiger partial charge in [-0.3, -0.25) is 9.55 Å². The number of rotatable bonds is 5. The lowest BCUT2D eigenvalue weighted by Gasteiger charge is -2.29. The third kappa shape index (κ3) is 4.42. The standard InChI is InChI=1S/C26H25F3N4O4S/c1-17-24(34)33(19-5-8-21(9-6-19)38(36,37)26(27,28)29)25(35)32(17)16-18-11-12-30-23-10-7-20(15-22(18)23)31-13-3-2-4-14-31/h5-12,15,34H,2-4,13-14,16H2,1H3. The molecule has 0 spiro atoms. The van der Waals surface area contributed by atoms with E-state index in [2.05, 4.69) is 16.0 Å². The second-order valence-corrected chi connectivity index (χ2v) is 11.2. The second kappa shape index (κ2) is 9.50. The molecular weight excluding hydrogens is 521 g/mol. The van der Waals surface area contributed by atoms with E-state index in [-0.39, 0.29) is 17.9 Å². The Morgan fingerprint density at radius 1 is 0.974 bits per heavy atom. The van der Waals surface area contributed by atoms with E-state index in [0.717, 1.165) is 76.9 Å². The Hall–Kier alpha value is -3.80. The number of fused-ring (bicyclic) bond motifs is 1. The number of benzene rings is 2. The van der Waals surface area contributed by atoms with E-state index in [1.807, 2.05) is 12.1 Å². The van der Waals surface area contributed by atoms with Gasteiger partial charge < -0.3 is 10.0 Å². The fourth-order valence-electron chi connectivity index (χ4n) is 4.81. The van der Waals surface area contributed by atoms with Crippen LogP contribution >= 0.6 is 0 Å². The average molecular weight is 547 g/mol. The van der Waals surface area contributed by atoms with Gasteiger partial charge in [-0.05, 0) is 80.3 Å². The molecule has 5 rings (SSSR count). The van der Waals surface area contributed by atoms with Gasteiger partial charge in [-0.1, -0.05) is 0 Å². The molecule has 1 fully saturated rings. The molecule has 1 aliphatic rings. The van der Waals surface area contributed by atoms with Crippen molar-refractivity contribution in [2.45, 2.75) is 43.1 Å². The molecule has 2 aromatic carbocycles. The molecule has 0 aliphatic carbocycles. The van der Waals surface area contributed by atoms with Crippen molar-refractivity contribution in [3.05, 3.63) is 76.5 Å². The van der Waals surface area contributed by atoms with Gasteiger partial charge in [-0.15, -0.1) is 0 Å². The summed E-state index contributed by atoms with van der Waals surface area (Å²) in [4.78, 5) is 19.2. The molecular formula is C26H25F3N4O4S. The molecule has 0 unspecified atom stereocenters. The molecule has 0 amide bonds. The SMILES string of the molecule is Cc1c(O)n(-c2ccc(S(=O)(=O)C(F)(F)F)cc2)c(=O)n1Cc1ccnc2ccc(N3CCCCC3)cc12. The normalized spacial score (nSPS) is 14.8. The van der Waals surface area contributed by atoms with Crippen LogP contribution in [0.3, 0.4) is 0 Å². The van der Waals surface area contributed by atoms with Crippen LogP contribution in [0.2, 0.25) is 0 Å². The molecule has 200 valence electrons. The topological polar surface area (TPSA) is 97.4 Å². The van der Waals surface area contributed by atoms with Gasteiger partial charge in [-0.25, -0.2) is 17.8 Å². The number of halogens is 3. The number of aromatic nitrogens is 3. The molecule has 2 aromatic heterocycles. The minimum atomic E-state index is -5.54. The number of alkyl halides is 3. The predicted octanol–water partition coefficient (Wildman–Crippen LogP) is 4.53. The van der Waals surface area contributed by atoms with Crippen molar-refractivity contribution in [1.82, 2.24) is 14.1 Å². The maximum Gasteiger partial charge on any atom is 0.501 e. The van der Waals surface area contributed by atoms with E-state index in [0.29, 0.717) is 0 Å². The zero-order valence-electron chi connectivity index (χ0n) is 20.4. The first-order chi connectivity index (χ1) is 18.0. The summed E-state index contributed by atoms with van der Waals surface area (Å²) in [6, 6.07) is 11.5. The zero-order chi connectivity index (χ0) is 27.2. The smallest absolute Gasteiger partial charge is 0.493 e. The number of hydrogen-bond donors (Lipinski definition) is 1. The maximum atomic E-state index is 13.4. The van der Waals surface area contributed by atoms with E-state index in [1.165, 1.54) is 11.0 Å². The quantitative estimate of drug-likeness (QED) is 0.395. The first-order valence-corrected chi connectivity index (χ1v) is 13.5. The van der Waals surface area contributed by atoms with E-state index >= 15 is 0 Å². The van der Waals surface area contributed by atoms with Gasteiger partial charge in [0.1, 0.15) is 0 Å². The lowest BCUT2D eigenvalue weighted by molar-refractivity contribution is -0.0436. The Kier molecular flexibility index (Phi) is 6.46. The van der Waals surface area contributed by atoms with E-state index in [1.54, 1.807) is 19.2 Å². The van der Waals surface area contributed by atoms with Gasteiger partial charge in [0.15, 0.2) is 0 Å². The average Bonchev–Trinajstić information content (AvgIpc) is 3.11. The molecule has 38 heavy (non-hydrogen) atoms. The number of aromatic hydroxyl groups is 1. The van der Waals surface area contributed by atoms with Gasteiger partial charge in [-0.2, -0.15) is 13.2 Å². The predicted molar refractivity (Wildman–Crippen MR) is 137 cm³/mol. The Bertz CT molecular complexity index is 1670. The largest absolute Gasteiger partial charge is 0.501 e. The first-order valence-electron chi connectivity index (χ1n) is 12.0. The molecule has 1 aliphatic heterocycles. The Morgan fingerprint density at radius 2 is 1.63 bits per heavy atom. The fourth-order valence-corrected chi connectivity index (χ4v) is 5.57. The van der Waals surface area contributed by atoms with Crippen molar-refractivity contribution in [1.29, 1.82) is 0 Å². The highest BCUT2D eigenvalue weighted by Gasteiger charge is 2.46. The molecule has 3 heterocycles. The number of anilines is 1. The van der Waals surface area contributed by atoms with Gasteiger partial charge in [0.2, 0.25) is 5.88 Å². The van der Waals surface area contributed by atoms with Crippen molar-refractivity contribution in [3.8, 4) is 11.6 Å². The summed E-state index contributed by atoms with van der Waals surface area (Å²) in [5.74, 6) is -0.395. The Labute approximate surface area is 216 Å². The molecule has 4 aromatic rings. The van der Waals surface area contributed by atoms with Crippen molar-refractivity contribution in [2.24, 2.45) is 0 Å². The molecule has 0 saturated carbocycles. The van der Waals surface area contributed by atoms with Crippen LogP contribution in [0, 0.1) is 6.92 Å². The third-order valence-corrected chi connectivity index (χ3v) is 8.44. The van der Waals surface area contributed by atoms with Gasteiger partial charge in [0, 0.05) is 30.4 Å². The van der Waals surface area contributed by atoms with Gasteiger partial charge in [0.05, 0.1) is 28.3 Å². The fraction of sp³-hybridized carbons (Fsp3) is 0.308. The van der Waals surface area contributed by atoms with E-state index in [4.69, 9.17) is 0 Å². The van der Waals surface area contributed by atoms with Crippen LogP contribution in [0.5, 0.6) is 5.88 Å². The van der Waals surface area contributed by atoms with Crippen molar-refractivity contribution < 1.29 is 26.7 Å². The van der Waals surface area contributed by atoms with Gasteiger partial charge in [0.25, 0.3) is 9.84 Å². The third-order valence-electron chi connectivity index (χ3n) is 6.94. The van der Waals surface area contributed by atoms with Crippen molar-refractivity contribution in [2.75, 3.05) is 18.0 Å². The number of sulfone groups is 1. The Morgan fingerprint density at radius 3 is 2.29 bits per heavy atom. The number of imidazole rings is 1. The molecule has 12 heteroatoms. The highest BCUT2D eigenvalue weighted by Crippen LogP contribution is 2.31. The van der Waals surface area contributed by atoms with Crippen LogP contribution in [-0.2, 0) is 16.4 Å². The van der Waals surface area contributed by atoms with Crippen LogP contribution in [0.4, 0.5) is 18.9 Å². The van der Waals surface area contributed by atoms with Crippen LogP contribution in [0.25, 0.3) is 16.6 Å². The zero-order valence-corrected chi connectivity index (χ0v) is 21.3. The van der Waals surface area contributed by atoms with Crippen LogP contribution in [-0.4, -0.2) is 46.2 Å². The van der Waals surface area contributed by atoms with Crippen LogP contribution < -0.4 is 10.6 Å². The number of nitrogens with zero attached hydrogens (tertiary/aromatic N) is 4. The number of piperidine rings is 1.